The molecule has 98 valence electrons. The molecule has 0 aromatic heterocycles. The van der Waals surface area contributed by atoms with Gasteiger partial charge in [-0.25, -0.2) is 0 Å². The van der Waals surface area contributed by atoms with E-state index in [1.807, 2.05) is 0 Å². The predicted molar refractivity (Wildman–Crippen MR) is 74.3 cm³/mol. The summed E-state index contributed by atoms with van der Waals surface area (Å²) in [6.07, 6.45) is 3.38. The summed E-state index contributed by atoms with van der Waals surface area (Å²) in [6, 6.07) is 10.6. The highest BCUT2D eigenvalue weighted by Gasteiger charge is 2.65. The Balaban J connectivity index is 1.88. The fourth-order valence-corrected chi connectivity index (χ4v) is 4.67. The van der Waals surface area contributed by atoms with Crippen LogP contribution in [0.25, 0.3) is 0 Å². The number of aliphatic hydroxyl groups excluding tert-OH is 1. The summed E-state index contributed by atoms with van der Waals surface area (Å²) in [6.45, 7) is 7.01. The maximum absolute atomic E-state index is 10.7. The van der Waals surface area contributed by atoms with Crippen molar-refractivity contribution in [1.82, 2.24) is 0 Å². The highest BCUT2D eigenvalue weighted by atomic mass is 16.3. The number of hydrogen-bond acceptors (Lipinski definition) is 1. The van der Waals surface area contributed by atoms with E-state index in [2.05, 4.69) is 51.1 Å². The average molecular weight is 244 g/mol. The van der Waals surface area contributed by atoms with Crippen LogP contribution in [0.3, 0.4) is 0 Å². The molecule has 2 aliphatic carbocycles. The molecule has 1 N–H and O–H groups in total. The minimum Gasteiger partial charge on any atom is -0.392 e. The van der Waals surface area contributed by atoms with Crippen molar-refractivity contribution < 1.29 is 5.11 Å². The zero-order valence-electron chi connectivity index (χ0n) is 11.7. The van der Waals surface area contributed by atoms with Crippen molar-refractivity contribution in [2.24, 2.45) is 22.7 Å². The molecule has 18 heavy (non-hydrogen) atoms. The van der Waals surface area contributed by atoms with Gasteiger partial charge in [0.2, 0.25) is 0 Å². The second kappa shape index (κ2) is 3.84. The number of rotatable bonds is 2. The second-order valence-corrected chi connectivity index (χ2v) is 7.08. The summed E-state index contributed by atoms with van der Waals surface area (Å²) >= 11 is 0. The molecule has 0 heterocycles. The Hall–Kier alpha value is -0.820. The molecule has 0 spiro atoms. The third-order valence-electron chi connectivity index (χ3n) is 6.26. The van der Waals surface area contributed by atoms with Gasteiger partial charge in [-0.3, -0.25) is 0 Å². The topological polar surface area (TPSA) is 20.2 Å². The fraction of sp³-hybridized carbons (Fsp3) is 0.647. The second-order valence-electron chi connectivity index (χ2n) is 7.08. The highest BCUT2D eigenvalue weighted by molar-refractivity contribution is 5.20. The number of fused-ring (bicyclic) bond motifs is 2. The van der Waals surface area contributed by atoms with Crippen LogP contribution in [0.5, 0.6) is 0 Å². The van der Waals surface area contributed by atoms with Gasteiger partial charge in [0.05, 0.1) is 6.10 Å². The molecule has 0 amide bonds. The van der Waals surface area contributed by atoms with Gasteiger partial charge >= 0.3 is 0 Å². The molecule has 1 aromatic carbocycles. The summed E-state index contributed by atoms with van der Waals surface area (Å²) in [7, 11) is 0. The Bertz CT molecular complexity index is 436. The maximum Gasteiger partial charge on any atom is 0.0633 e. The van der Waals surface area contributed by atoms with Gasteiger partial charge in [0.25, 0.3) is 0 Å². The molecule has 4 atom stereocenters. The van der Waals surface area contributed by atoms with Gasteiger partial charge in [0.15, 0.2) is 0 Å². The zero-order valence-corrected chi connectivity index (χ0v) is 11.7. The van der Waals surface area contributed by atoms with Crippen LogP contribution in [0, 0.1) is 22.7 Å². The first-order valence-electron chi connectivity index (χ1n) is 7.19. The zero-order chi connectivity index (χ0) is 13.0. The molecular weight excluding hydrogens is 220 g/mol. The van der Waals surface area contributed by atoms with Crippen LogP contribution in [-0.2, 0) is 6.42 Å². The van der Waals surface area contributed by atoms with Gasteiger partial charge in [0, 0.05) is 0 Å². The van der Waals surface area contributed by atoms with Crippen molar-refractivity contribution in [3.05, 3.63) is 35.9 Å². The predicted octanol–water partition coefficient (Wildman–Crippen LogP) is 3.66. The molecule has 2 aliphatic rings. The van der Waals surface area contributed by atoms with Gasteiger partial charge in [-0.15, -0.1) is 0 Å². The van der Waals surface area contributed by atoms with Crippen LogP contribution in [0.1, 0.15) is 39.2 Å². The standard InChI is InChI=1S/C17H24O/c1-16(2)14-9-10-17(16,3)15(18)13(14)11-12-7-5-4-6-8-12/h4-8,13-15,18H,9-11H2,1-3H3/t13?,14-,15+,17+/m1/s1. The first-order valence-corrected chi connectivity index (χ1v) is 7.19. The van der Waals surface area contributed by atoms with Gasteiger partial charge in [0.1, 0.15) is 0 Å². The smallest absolute Gasteiger partial charge is 0.0633 e. The molecule has 2 saturated carbocycles. The van der Waals surface area contributed by atoms with Crippen molar-refractivity contribution in [1.29, 1.82) is 0 Å². The molecule has 0 radical (unpaired) electrons. The van der Waals surface area contributed by atoms with Crippen molar-refractivity contribution >= 4 is 0 Å². The van der Waals surface area contributed by atoms with Gasteiger partial charge in [-0.1, -0.05) is 51.1 Å². The van der Waals surface area contributed by atoms with E-state index >= 15 is 0 Å². The molecule has 1 unspecified atom stereocenters. The van der Waals surface area contributed by atoms with Crippen LogP contribution in [-0.4, -0.2) is 11.2 Å². The SMILES string of the molecule is CC1(C)[C@@H]2CC[C@@]1(C)[C@@H](O)C2Cc1ccccc1. The highest BCUT2D eigenvalue weighted by Crippen LogP contribution is 2.68. The monoisotopic (exact) mass is 244 g/mol. The van der Waals surface area contributed by atoms with Crippen LogP contribution in [0.4, 0.5) is 0 Å². The molecule has 0 saturated heterocycles. The van der Waals surface area contributed by atoms with E-state index in [1.165, 1.54) is 18.4 Å². The summed E-state index contributed by atoms with van der Waals surface area (Å²) < 4.78 is 0. The van der Waals surface area contributed by atoms with E-state index in [0.717, 1.165) is 6.42 Å². The lowest BCUT2D eigenvalue weighted by Gasteiger charge is -2.37. The molecule has 2 bridgehead atoms. The first-order chi connectivity index (χ1) is 8.47. The van der Waals surface area contributed by atoms with Crippen molar-refractivity contribution in [2.75, 3.05) is 0 Å². The van der Waals surface area contributed by atoms with Crippen LogP contribution < -0.4 is 0 Å². The molecule has 3 rings (SSSR count). The van der Waals surface area contributed by atoms with E-state index in [0.29, 0.717) is 11.8 Å². The van der Waals surface area contributed by atoms with Gasteiger partial charge in [-0.2, -0.15) is 0 Å². The largest absolute Gasteiger partial charge is 0.392 e. The minimum atomic E-state index is -0.133. The van der Waals surface area contributed by atoms with Crippen LogP contribution in [0.15, 0.2) is 30.3 Å². The molecular formula is C17H24O. The Labute approximate surface area is 110 Å². The third-order valence-corrected chi connectivity index (χ3v) is 6.26. The number of benzene rings is 1. The third kappa shape index (κ3) is 1.43. The molecule has 1 heteroatoms. The van der Waals surface area contributed by atoms with Gasteiger partial charge < -0.3 is 5.11 Å². The molecule has 0 aliphatic heterocycles. The lowest BCUT2D eigenvalue weighted by atomic mass is 9.70. The van der Waals surface area contributed by atoms with Gasteiger partial charge in [-0.05, 0) is 47.5 Å². The maximum atomic E-state index is 10.7. The van der Waals surface area contributed by atoms with Crippen molar-refractivity contribution in [2.45, 2.75) is 46.1 Å². The van der Waals surface area contributed by atoms with Crippen molar-refractivity contribution in [3.63, 3.8) is 0 Å². The summed E-state index contributed by atoms with van der Waals surface area (Å²) in [4.78, 5) is 0. The Morgan fingerprint density at radius 3 is 2.39 bits per heavy atom. The van der Waals surface area contributed by atoms with E-state index < -0.39 is 0 Å². The minimum absolute atomic E-state index is 0.122. The molecule has 2 fully saturated rings. The molecule has 1 nitrogen and oxygen atoms in total. The lowest BCUT2D eigenvalue weighted by molar-refractivity contribution is -0.0102. The normalized spacial score (nSPS) is 41.2. The number of hydrogen-bond donors (Lipinski definition) is 1. The Morgan fingerprint density at radius 1 is 1.17 bits per heavy atom. The van der Waals surface area contributed by atoms with Crippen LogP contribution >= 0.6 is 0 Å². The van der Waals surface area contributed by atoms with E-state index in [1.54, 1.807) is 0 Å². The van der Waals surface area contributed by atoms with E-state index in [-0.39, 0.29) is 16.9 Å². The quantitative estimate of drug-likeness (QED) is 0.841. The fourth-order valence-electron chi connectivity index (χ4n) is 4.67. The van der Waals surface area contributed by atoms with Crippen molar-refractivity contribution in [3.8, 4) is 0 Å². The average Bonchev–Trinajstić information content (AvgIpc) is 2.65. The van der Waals surface area contributed by atoms with Crippen LogP contribution in [0.2, 0.25) is 0 Å². The summed E-state index contributed by atoms with van der Waals surface area (Å²) in [5.41, 5.74) is 1.77. The number of aliphatic hydroxyl groups is 1. The Morgan fingerprint density at radius 2 is 1.83 bits per heavy atom. The lowest BCUT2D eigenvalue weighted by Crippen LogP contribution is -2.38. The Kier molecular flexibility index (Phi) is 2.60. The summed E-state index contributed by atoms with van der Waals surface area (Å²) in [5.74, 6) is 1.12. The summed E-state index contributed by atoms with van der Waals surface area (Å²) in [5, 5.41) is 10.7. The first kappa shape index (κ1) is 12.2. The molecule has 1 aromatic rings. The van der Waals surface area contributed by atoms with E-state index in [4.69, 9.17) is 0 Å². The van der Waals surface area contributed by atoms with E-state index in [9.17, 15) is 5.11 Å².